The number of hydrogen-bond donors (Lipinski definition) is 1. The van der Waals surface area contributed by atoms with E-state index in [-0.39, 0.29) is 6.04 Å². The fourth-order valence-corrected chi connectivity index (χ4v) is 2.29. The van der Waals surface area contributed by atoms with Gasteiger partial charge in [0.15, 0.2) is 0 Å². The summed E-state index contributed by atoms with van der Waals surface area (Å²) in [6.07, 6.45) is 2.95. The average Bonchev–Trinajstić information content (AvgIpc) is 2.80. The largest absolute Gasteiger partial charge is 0.305 e. The number of benzene rings is 1. The first-order valence-electron chi connectivity index (χ1n) is 6.78. The highest BCUT2D eigenvalue weighted by Crippen LogP contribution is 2.25. The van der Waals surface area contributed by atoms with E-state index in [4.69, 9.17) is 0 Å². The van der Waals surface area contributed by atoms with Gasteiger partial charge < -0.3 is 5.32 Å². The van der Waals surface area contributed by atoms with E-state index < -0.39 is 0 Å². The van der Waals surface area contributed by atoms with Crippen molar-refractivity contribution < 1.29 is 0 Å². The van der Waals surface area contributed by atoms with Gasteiger partial charge >= 0.3 is 0 Å². The van der Waals surface area contributed by atoms with E-state index in [1.165, 1.54) is 16.7 Å². The third-order valence-electron chi connectivity index (χ3n) is 3.39. The minimum atomic E-state index is 0.153. The second-order valence-corrected chi connectivity index (χ2v) is 5.03. The van der Waals surface area contributed by atoms with Crippen molar-refractivity contribution in [1.29, 1.82) is 0 Å². The molecule has 2 aromatic rings. The fraction of sp³-hybridized carbons (Fsp3) is 0.467. The summed E-state index contributed by atoms with van der Waals surface area (Å²) in [6.45, 7) is 7.43. The van der Waals surface area contributed by atoms with Crippen LogP contribution in [0.5, 0.6) is 0 Å². The molecule has 0 saturated heterocycles. The SMILES string of the molecule is CCCNC(c1cc(C)ccc1C)c1cnnn1C. The summed E-state index contributed by atoms with van der Waals surface area (Å²) in [5.41, 5.74) is 4.97. The van der Waals surface area contributed by atoms with Crippen LogP contribution >= 0.6 is 0 Å². The molecule has 0 aliphatic carbocycles. The van der Waals surface area contributed by atoms with Crippen LogP contribution in [0.1, 0.15) is 41.8 Å². The van der Waals surface area contributed by atoms with E-state index in [1.807, 2.05) is 17.9 Å². The van der Waals surface area contributed by atoms with Gasteiger partial charge in [-0.2, -0.15) is 0 Å². The number of nitrogens with zero attached hydrogens (tertiary/aromatic N) is 3. The first-order valence-corrected chi connectivity index (χ1v) is 6.78. The number of rotatable bonds is 5. The number of hydrogen-bond acceptors (Lipinski definition) is 3. The van der Waals surface area contributed by atoms with Crippen molar-refractivity contribution in [3.63, 3.8) is 0 Å². The predicted molar refractivity (Wildman–Crippen MR) is 77.1 cm³/mol. The van der Waals surface area contributed by atoms with Crippen molar-refractivity contribution in [3.05, 3.63) is 46.8 Å². The molecule has 102 valence electrons. The number of aryl methyl sites for hydroxylation is 3. The minimum absolute atomic E-state index is 0.153. The van der Waals surface area contributed by atoms with Crippen LogP contribution in [0, 0.1) is 13.8 Å². The zero-order valence-electron chi connectivity index (χ0n) is 12.1. The zero-order valence-corrected chi connectivity index (χ0v) is 12.1. The van der Waals surface area contributed by atoms with Crippen molar-refractivity contribution in [2.75, 3.05) is 6.54 Å². The molecular weight excluding hydrogens is 236 g/mol. The van der Waals surface area contributed by atoms with Crippen molar-refractivity contribution in [2.45, 2.75) is 33.2 Å². The van der Waals surface area contributed by atoms with Gasteiger partial charge in [-0.25, -0.2) is 0 Å². The van der Waals surface area contributed by atoms with Gasteiger partial charge in [0.25, 0.3) is 0 Å². The molecule has 0 radical (unpaired) electrons. The average molecular weight is 258 g/mol. The van der Waals surface area contributed by atoms with E-state index in [9.17, 15) is 0 Å². The third kappa shape index (κ3) is 3.01. The minimum Gasteiger partial charge on any atom is -0.305 e. The van der Waals surface area contributed by atoms with Crippen molar-refractivity contribution >= 4 is 0 Å². The predicted octanol–water partition coefficient (Wildman–Crippen LogP) is 2.52. The molecule has 4 nitrogen and oxygen atoms in total. The smallest absolute Gasteiger partial charge is 0.0798 e. The van der Waals surface area contributed by atoms with Crippen LogP contribution in [0.3, 0.4) is 0 Å². The highest BCUT2D eigenvalue weighted by atomic mass is 15.4. The van der Waals surface area contributed by atoms with Gasteiger partial charge in [0.2, 0.25) is 0 Å². The second-order valence-electron chi connectivity index (χ2n) is 5.03. The van der Waals surface area contributed by atoms with Gasteiger partial charge in [-0.3, -0.25) is 4.68 Å². The highest BCUT2D eigenvalue weighted by Gasteiger charge is 2.19. The maximum Gasteiger partial charge on any atom is 0.0798 e. The maximum absolute atomic E-state index is 4.05. The molecule has 0 fully saturated rings. The molecule has 0 aliphatic rings. The highest BCUT2D eigenvalue weighted by molar-refractivity contribution is 5.36. The molecule has 1 heterocycles. The summed E-state index contributed by atoms with van der Waals surface area (Å²) in [7, 11) is 1.94. The third-order valence-corrected chi connectivity index (χ3v) is 3.39. The van der Waals surface area contributed by atoms with Gasteiger partial charge in [-0.1, -0.05) is 35.9 Å². The van der Waals surface area contributed by atoms with Crippen molar-refractivity contribution in [1.82, 2.24) is 20.3 Å². The Morgan fingerprint density at radius 3 is 2.74 bits per heavy atom. The molecule has 0 aliphatic heterocycles. The summed E-state index contributed by atoms with van der Waals surface area (Å²) in [4.78, 5) is 0. The van der Waals surface area contributed by atoms with Gasteiger partial charge in [0.05, 0.1) is 17.9 Å². The Kier molecular flexibility index (Phi) is 4.32. The molecule has 2 rings (SSSR count). The molecule has 19 heavy (non-hydrogen) atoms. The molecule has 0 amide bonds. The fourth-order valence-electron chi connectivity index (χ4n) is 2.29. The van der Waals surface area contributed by atoms with Crippen molar-refractivity contribution in [2.24, 2.45) is 7.05 Å². The van der Waals surface area contributed by atoms with Crippen molar-refractivity contribution in [3.8, 4) is 0 Å². The Balaban J connectivity index is 2.42. The summed E-state index contributed by atoms with van der Waals surface area (Å²) in [5.74, 6) is 0. The Morgan fingerprint density at radius 1 is 1.32 bits per heavy atom. The van der Waals surface area contributed by atoms with Crippen LogP contribution < -0.4 is 5.32 Å². The monoisotopic (exact) mass is 258 g/mol. The van der Waals surface area contributed by atoms with Crippen LogP contribution in [0.15, 0.2) is 24.4 Å². The molecule has 0 bridgehead atoms. The normalized spacial score (nSPS) is 12.6. The summed E-state index contributed by atoms with van der Waals surface area (Å²) < 4.78 is 1.84. The Hall–Kier alpha value is -1.68. The maximum atomic E-state index is 4.05. The standard InChI is InChI=1S/C15H22N4/c1-5-8-16-15(14-10-17-18-19(14)4)13-9-11(2)6-7-12(13)3/h6-7,9-10,15-16H,5,8H2,1-4H3. The molecule has 0 saturated carbocycles. The van der Waals surface area contributed by atoms with Crippen LogP contribution in [0.4, 0.5) is 0 Å². The molecule has 1 aromatic carbocycles. The van der Waals surface area contributed by atoms with E-state index in [2.05, 4.69) is 54.6 Å². The Labute approximate surface area is 114 Å². The van der Waals surface area contributed by atoms with E-state index >= 15 is 0 Å². The molecular formula is C15H22N4. The first-order chi connectivity index (χ1) is 9.13. The Bertz CT molecular complexity index is 545. The molecule has 4 heteroatoms. The van der Waals surface area contributed by atoms with Crippen LogP contribution in [-0.4, -0.2) is 21.5 Å². The van der Waals surface area contributed by atoms with Gasteiger partial charge in [-0.05, 0) is 37.9 Å². The topological polar surface area (TPSA) is 42.7 Å². The summed E-state index contributed by atoms with van der Waals surface area (Å²) >= 11 is 0. The lowest BCUT2D eigenvalue weighted by Gasteiger charge is -2.21. The summed E-state index contributed by atoms with van der Waals surface area (Å²) in [6, 6.07) is 6.72. The lowest BCUT2D eigenvalue weighted by Crippen LogP contribution is -2.26. The molecule has 1 unspecified atom stereocenters. The summed E-state index contributed by atoms with van der Waals surface area (Å²) in [5, 5.41) is 11.6. The van der Waals surface area contributed by atoms with E-state index in [1.54, 1.807) is 0 Å². The van der Waals surface area contributed by atoms with Gasteiger partial charge in [0.1, 0.15) is 0 Å². The lowest BCUT2D eigenvalue weighted by atomic mass is 9.97. The zero-order chi connectivity index (χ0) is 13.8. The first kappa shape index (κ1) is 13.7. The van der Waals surface area contributed by atoms with Gasteiger partial charge in [-0.15, -0.1) is 5.10 Å². The molecule has 1 atom stereocenters. The van der Waals surface area contributed by atoms with E-state index in [0.717, 1.165) is 18.7 Å². The Morgan fingerprint density at radius 2 is 2.11 bits per heavy atom. The molecule has 0 spiro atoms. The van der Waals surface area contributed by atoms with Gasteiger partial charge in [0, 0.05) is 7.05 Å². The lowest BCUT2D eigenvalue weighted by molar-refractivity contribution is 0.548. The number of aromatic nitrogens is 3. The van der Waals surface area contributed by atoms with Crippen LogP contribution in [0.2, 0.25) is 0 Å². The van der Waals surface area contributed by atoms with Crippen LogP contribution in [-0.2, 0) is 7.05 Å². The van der Waals surface area contributed by atoms with Crippen LogP contribution in [0.25, 0.3) is 0 Å². The molecule has 1 N–H and O–H groups in total. The molecule has 1 aromatic heterocycles. The van der Waals surface area contributed by atoms with E-state index in [0.29, 0.717) is 0 Å². The number of nitrogens with one attached hydrogen (secondary N) is 1. The second kappa shape index (κ2) is 5.97. The quantitative estimate of drug-likeness (QED) is 0.896.